The van der Waals surface area contributed by atoms with Gasteiger partial charge < -0.3 is 0 Å². The van der Waals surface area contributed by atoms with Crippen LogP contribution in [0.25, 0.3) is 0 Å². The highest BCUT2D eigenvalue weighted by Crippen LogP contribution is 2.20. The van der Waals surface area contributed by atoms with Crippen molar-refractivity contribution in [2.24, 2.45) is 5.84 Å². The lowest BCUT2D eigenvalue weighted by molar-refractivity contribution is 0.597. The molecule has 0 spiro atoms. The van der Waals surface area contributed by atoms with Crippen LogP contribution in [0.2, 0.25) is 0 Å². The van der Waals surface area contributed by atoms with Crippen molar-refractivity contribution in [1.29, 1.82) is 0 Å². The van der Waals surface area contributed by atoms with E-state index in [1.807, 2.05) is 12.1 Å². The Morgan fingerprint density at radius 1 is 1.12 bits per heavy atom. The molecule has 0 saturated heterocycles. The average molecular weight is 218 g/mol. The summed E-state index contributed by atoms with van der Waals surface area (Å²) in [6, 6.07) is 4.74. The van der Waals surface area contributed by atoms with Gasteiger partial charge in [0.2, 0.25) is 0 Å². The molecule has 0 aliphatic rings. The first kappa shape index (κ1) is 10.7. The molecule has 0 fully saturated rings. The molecule has 0 aliphatic heterocycles. The number of hydrogen-bond donors (Lipinski definition) is 2. The Morgan fingerprint density at radius 2 is 1.88 bits per heavy atom. The fourth-order valence-corrected chi connectivity index (χ4v) is 1.53. The lowest BCUT2D eigenvalue weighted by Gasteiger charge is -2.15. The van der Waals surface area contributed by atoms with Gasteiger partial charge in [-0.05, 0) is 29.3 Å². The van der Waals surface area contributed by atoms with E-state index in [4.69, 9.17) is 5.84 Å². The Morgan fingerprint density at radius 3 is 2.50 bits per heavy atom. The highest BCUT2D eigenvalue weighted by molar-refractivity contribution is 5.28. The van der Waals surface area contributed by atoms with Gasteiger partial charge in [0.15, 0.2) is 0 Å². The van der Waals surface area contributed by atoms with Gasteiger partial charge in [0.05, 0.1) is 12.2 Å². The van der Waals surface area contributed by atoms with Gasteiger partial charge in [0.25, 0.3) is 0 Å². The number of halogens is 1. The predicted molar refractivity (Wildman–Crippen MR) is 57.6 cm³/mol. The minimum atomic E-state index is -0.383. The van der Waals surface area contributed by atoms with E-state index in [0.29, 0.717) is 5.56 Å². The van der Waals surface area contributed by atoms with Crippen LogP contribution in [-0.4, -0.2) is 9.97 Å². The summed E-state index contributed by atoms with van der Waals surface area (Å²) in [5.74, 6) is 5.08. The molecule has 2 rings (SSSR count). The van der Waals surface area contributed by atoms with Crippen molar-refractivity contribution in [3.63, 3.8) is 0 Å². The van der Waals surface area contributed by atoms with Crippen molar-refractivity contribution in [2.45, 2.75) is 6.04 Å². The molecule has 0 aliphatic carbocycles. The minimum Gasteiger partial charge on any atom is -0.271 e. The highest BCUT2D eigenvalue weighted by atomic mass is 19.1. The maximum atomic E-state index is 13.0. The second kappa shape index (κ2) is 4.78. The number of pyridine rings is 2. The first-order chi connectivity index (χ1) is 7.81. The molecule has 3 N–H and O–H groups in total. The van der Waals surface area contributed by atoms with Gasteiger partial charge in [-0.25, -0.2) is 9.82 Å². The van der Waals surface area contributed by atoms with Gasteiger partial charge in [-0.2, -0.15) is 0 Å². The summed E-state index contributed by atoms with van der Waals surface area (Å²) in [6.07, 6.45) is 6.05. The molecular formula is C11H11FN4. The van der Waals surface area contributed by atoms with E-state index in [0.717, 1.165) is 11.8 Å². The van der Waals surface area contributed by atoms with Gasteiger partial charge >= 0.3 is 0 Å². The Labute approximate surface area is 92.3 Å². The van der Waals surface area contributed by atoms with Gasteiger partial charge in [0.1, 0.15) is 5.82 Å². The van der Waals surface area contributed by atoms with E-state index >= 15 is 0 Å². The highest BCUT2D eigenvalue weighted by Gasteiger charge is 2.12. The molecule has 4 nitrogen and oxygen atoms in total. The monoisotopic (exact) mass is 218 g/mol. The number of nitrogens with zero attached hydrogens (tertiary/aromatic N) is 2. The molecule has 2 heterocycles. The largest absolute Gasteiger partial charge is 0.271 e. The van der Waals surface area contributed by atoms with E-state index in [1.54, 1.807) is 18.6 Å². The lowest BCUT2D eigenvalue weighted by Crippen LogP contribution is -2.29. The van der Waals surface area contributed by atoms with Crippen LogP contribution >= 0.6 is 0 Å². The molecule has 16 heavy (non-hydrogen) atoms. The van der Waals surface area contributed by atoms with Crippen LogP contribution in [0.4, 0.5) is 4.39 Å². The summed E-state index contributed by atoms with van der Waals surface area (Å²) in [6.45, 7) is 0. The van der Waals surface area contributed by atoms with Gasteiger partial charge in [-0.1, -0.05) is 0 Å². The third kappa shape index (κ3) is 2.21. The van der Waals surface area contributed by atoms with Crippen LogP contribution in [0.5, 0.6) is 0 Å². The lowest BCUT2D eigenvalue weighted by atomic mass is 10.0. The first-order valence-corrected chi connectivity index (χ1v) is 4.78. The van der Waals surface area contributed by atoms with E-state index in [-0.39, 0.29) is 11.9 Å². The number of hydrogen-bond acceptors (Lipinski definition) is 4. The van der Waals surface area contributed by atoms with Crippen LogP contribution in [-0.2, 0) is 0 Å². The molecular weight excluding hydrogens is 207 g/mol. The fourth-order valence-electron chi connectivity index (χ4n) is 1.53. The number of hydrazine groups is 1. The summed E-state index contributed by atoms with van der Waals surface area (Å²) in [5, 5.41) is 0. The zero-order valence-corrected chi connectivity index (χ0v) is 8.47. The maximum Gasteiger partial charge on any atom is 0.141 e. The van der Waals surface area contributed by atoms with Crippen LogP contribution < -0.4 is 11.3 Å². The number of nitrogens with one attached hydrogen (secondary N) is 1. The molecule has 0 amide bonds. The quantitative estimate of drug-likeness (QED) is 0.599. The topological polar surface area (TPSA) is 63.8 Å². The van der Waals surface area contributed by atoms with E-state index in [9.17, 15) is 4.39 Å². The summed E-state index contributed by atoms with van der Waals surface area (Å²) in [5.41, 5.74) is 4.21. The molecule has 5 heteroatoms. The van der Waals surface area contributed by atoms with Crippen LogP contribution in [0.15, 0.2) is 43.0 Å². The second-order valence-corrected chi connectivity index (χ2v) is 3.32. The van der Waals surface area contributed by atoms with Crippen LogP contribution in [0, 0.1) is 5.82 Å². The molecule has 82 valence electrons. The SMILES string of the molecule is NNC(c1ccncc1)c1cncc(F)c1. The molecule has 1 unspecified atom stereocenters. The van der Waals surface area contributed by atoms with Crippen molar-refractivity contribution >= 4 is 0 Å². The Hall–Kier alpha value is -1.85. The standard InChI is InChI=1S/C11H11FN4/c12-10-5-9(6-15-7-10)11(16-13)8-1-3-14-4-2-8/h1-7,11,16H,13H2. The summed E-state index contributed by atoms with van der Waals surface area (Å²) >= 11 is 0. The van der Waals surface area contributed by atoms with Gasteiger partial charge in [0, 0.05) is 18.6 Å². The van der Waals surface area contributed by atoms with Crippen molar-refractivity contribution in [1.82, 2.24) is 15.4 Å². The maximum absolute atomic E-state index is 13.0. The van der Waals surface area contributed by atoms with Crippen LogP contribution in [0.3, 0.4) is 0 Å². The number of aromatic nitrogens is 2. The normalized spacial score (nSPS) is 12.4. The van der Waals surface area contributed by atoms with E-state index in [1.165, 1.54) is 6.07 Å². The molecule has 1 atom stereocenters. The molecule has 2 aromatic rings. The second-order valence-electron chi connectivity index (χ2n) is 3.32. The Balaban J connectivity index is 2.37. The predicted octanol–water partition coefficient (Wildman–Crippen LogP) is 1.17. The Kier molecular flexibility index (Phi) is 3.19. The van der Waals surface area contributed by atoms with E-state index in [2.05, 4.69) is 15.4 Å². The molecule has 0 bridgehead atoms. The molecule has 0 radical (unpaired) electrons. The van der Waals surface area contributed by atoms with E-state index < -0.39 is 0 Å². The zero-order chi connectivity index (χ0) is 11.4. The summed E-state index contributed by atoms with van der Waals surface area (Å²) in [7, 11) is 0. The Bertz CT molecular complexity index is 461. The van der Waals surface area contributed by atoms with Gasteiger partial charge in [-0.3, -0.25) is 15.8 Å². The smallest absolute Gasteiger partial charge is 0.141 e. The summed E-state index contributed by atoms with van der Waals surface area (Å²) in [4.78, 5) is 7.71. The average Bonchev–Trinajstić information content (AvgIpc) is 2.31. The molecule has 0 saturated carbocycles. The van der Waals surface area contributed by atoms with Crippen molar-refractivity contribution in [3.8, 4) is 0 Å². The fraction of sp³-hybridized carbons (Fsp3) is 0.0909. The molecule has 2 aromatic heterocycles. The molecule has 0 aromatic carbocycles. The van der Waals surface area contributed by atoms with Crippen molar-refractivity contribution in [3.05, 3.63) is 59.9 Å². The first-order valence-electron chi connectivity index (χ1n) is 4.78. The van der Waals surface area contributed by atoms with Crippen LogP contribution in [0.1, 0.15) is 17.2 Å². The zero-order valence-electron chi connectivity index (χ0n) is 8.47. The third-order valence-electron chi connectivity index (χ3n) is 2.27. The number of nitrogens with two attached hydrogens (primary N) is 1. The number of rotatable bonds is 3. The third-order valence-corrected chi connectivity index (χ3v) is 2.27. The van der Waals surface area contributed by atoms with Crippen molar-refractivity contribution < 1.29 is 4.39 Å². The summed E-state index contributed by atoms with van der Waals surface area (Å²) < 4.78 is 13.0. The minimum absolute atomic E-state index is 0.286. The van der Waals surface area contributed by atoms with Crippen molar-refractivity contribution in [2.75, 3.05) is 0 Å². The van der Waals surface area contributed by atoms with Gasteiger partial charge in [-0.15, -0.1) is 0 Å².